The van der Waals surface area contributed by atoms with Crippen LogP contribution in [0.3, 0.4) is 0 Å². The predicted octanol–water partition coefficient (Wildman–Crippen LogP) is 1.73. The van der Waals surface area contributed by atoms with Gasteiger partial charge in [0.2, 0.25) is 5.91 Å². The topological polar surface area (TPSA) is 64.3 Å². The van der Waals surface area contributed by atoms with Crippen molar-refractivity contribution in [3.63, 3.8) is 0 Å². The summed E-state index contributed by atoms with van der Waals surface area (Å²) in [5.41, 5.74) is 5.33. The van der Waals surface area contributed by atoms with E-state index in [0.29, 0.717) is 26.1 Å². The number of ether oxygens (including phenoxy) is 1. The van der Waals surface area contributed by atoms with Crippen molar-refractivity contribution in [2.75, 3.05) is 19.7 Å². The van der Waals surface area contributed by atoms with Gasteiger partial charge >= 0.3 is 0 Å². The van der Waals surface area contributed by atoms with Gasteiger partial charge in [0.05, 0.1) is 6.61 Å². The summed E-state index contributed by atoms with van der Waals surface area (Å²) in [4.78, 5) is 11.3. The van der Waals surface area contributed by atoms with Gasteiger partial charge in [-0.1, -0.05) is 18.2 Å². The zero-order valence-electron chi connectivity index (χ0n) is 10.4. The van der Waals surface area contributed by atoms with E-state index in [2.05, 4.69) is 5.32 Å². The molecule has 1 rings (SSSR count). The molecule has 3 N–H and O–H groups in total. The first-order chi connectivity index (χ1) is 8.33. The van der Waals surface area contributed by atoms with Gasteiger partial charge in [-0.25, -0.2) is 0 Å². The Kier molecular flexibility index (Phi) is 10.1. The maximum absolute atomic E-state index is 11.3. The molecule has 0 spiro atoms. The van der Waals surface area contributed by atoms with E-state index in [9.17, 15) is 4.79 Å². The summed E-state index contributed by atoms with van der Waals surface area (Å²) in [5.74, 6) is 0.908. The number of para-hydroxylation sites is 1. The molecule has 0 aliphatic heterocycles. The zero-order chi connectivity index (χ0) is 12.3. The van der Waals surface area contributed by atoms with Gasteiger partial charge in [-0.05, 0) is 31.5 Å². The maximum atomic E-state index is 11.3. The molecule has 0 bridgehead atoms. The molecular weight excluding hydrogens is 252 g/mol. The van der Waals surface area contributed by atoms with Crippen molar-refractivity contribution >= 4 is 18.3 Å². The molecule has 0 heterocycles. The van der Waals surface area contributed by atoms with Gasteiger partial charge < -0.3 is 15.8 Å². The van der Waals surface area contributed by atoms with Crippen LogP contribution in [0.25, 0.3) is 0 Å². The highest BCUT2D eigenvalue weighted by atomic mass is 35.5. The number of rotatable bonds is 8. The van der Waals surface area contributed by atoms with E-state index in [4.69, 9.17) is 10.5 Å². The molecule has 102 valence electrons. The molecule has 0 saturated carbocycles. The number of halogens is 1. The lowest BCUT2D eigenvalue weighted by Gasteiger charge is -2.06. The molecule has 18 heavy (non-hydrogen) atoms. The van der Waals surface area contributed by atoms with Gasteiger partial charge in [0, 0.05) is 13.0 Å². The second-order valence-corrected chi connectivity index (χ2v) is 3.76. The van der Waals surface area contributed by atoms with Crippen LogP contribution in [0, 0.1) is 0 Å². The van der Waals surface area contributed by atoms with Crippen LogP contribution < -0.4 is 15.8 Å². The van der Waals surface area contributed by atoms with Crippen molar-refractivity contribution in [2.24, 2.45) is 5.73 Å². The third-order valence-corrected chi connectivity index (χ3v) is 2.26. The number of nitrogens with one attached hydrogen (secondary N) is 1. The van der Waals surface area contributed by atoms with E-state index in [1.54, 1.807) is 0 Å². The lowest BCUT2D eigenvalue weighted by atomic mass is 10.3. The van der Waals surface area contributed by atoms with Crippen LogP contribution >= 0.6 is 12.4 Å². The molecule has 0 atom stereocenters. The van der Waals surface area contributed by atoms with Crippen molar-refractivity contribution in [3.8, 4) is 5.75 Å². The van der Waals surface area contributed by atoms with E-state index < -0.39 is 0 Å². The first-order valence-corrected chi connectivity index (χ1v) is 5.97. The van der Waals surface area contributed by atoms with Crippen molar-refractivity contribution in [2.45, 2.75) is 19.3 Å². The van der Waals surface area contributed by atoms with E-state index in [1.807, 2.05) is 30.3 Å². The van der Waals surface area contributed by atoms with Crippen LogP contribution in [-0.2, 0) is 4.79 Å². The van der Waals surface area contributed by atoms with E-state index >= 15 is 0 Å². The van der Waals surface area contributed by atoms with Gasteiger partial charge in [-0.2, -0.15) is 0 Å². The maximum Gasteiger partial charge on any atom is 0.220 e. The molecule has 0 aliphatic carbocycles. The molecule has 1 amide bonds. The molecular formula is C13H21ClN2O2. The largest absolute Gasteiger partial charge is 0.494 e. The van der Waals surface area contributed by atoms with Crippen molar-refractivity contribution in [3.05, 3.63) is 30.3 Å². The SMILES string of the molecule is Cl.NCCCNC(=O)CCCOc1ccccc1. The number of hydrogen-bond acceptors (Lipinski definition) is 3. The van der Waals surface area contributed by atoms with Crippen LogP contribution in [0.1, 0.15) is 19.3 Å². The van der Waals surface area contributed by atoms with Crippen molar-refractivity contribution < 1.29 is 9.53 Å². The smallest absolute Gasteiger partial charge is 0.220 e. The van der Waals surface area contributed by atoms with Crippen LogP contribution in [0.5, 0.6) is 5.75 Å². The lowest BCUT2D eigenvalue weighted by Crippen LogP contribution is -2.26. The quantitative estimate of drug-likeness (QED) is 0.709. The summed E-state index contributed by atoms with van der Waals surface area (Å²) >= 11 is 0. The summed E-state index contributed by atoms with van der Waals surface area (Å²) in [6.07, 6.45) is 2.05. The van der Waals surface area contributed by atoms with Crippen LogP contribution in [-0.4, -0.2) is 25.6 Å². The van der Waals surface area contributed by atoms with Crippen molar-refractivity contribution in [1.82, 2.24) is 5.32 Å². The summed E-state index contributed by atoms with van der Waals surface area (Å²) in [5, 5.41) is 2.81. The highest BCUT2D eigenvalue weighted by Crippen LogP contribution is 2.08. The summed E-state index contributed by atoms with van der Waals surface area (Å²) in [7, 11) is 0. The molecule has 0 radical (unpaired) electrons. The molecule has 0 aliphatic rings. The average molecular weight is 273 g/mol. The Balaban J connectivity index is 0.00000289. The summed E-state index contributed by atoms with van der Waals surface area (Å²) in [6, 6.07) is 9.60. The van der Waals surface area contributed by atoms with Crippen LogP contribution in [0.4, 0.5) is 0 Å². The first kappa shape index (κ1) is 16.7. The number of hydrogen-bond donors (Lipinski definition) is 2. The molecule has 4 nitrogen and oxygen atoms in total. The Morgan fingerprint density at radius 1 is 1.22 bits per heavy atom. The summed E-state index contributed by atoms with van der Waals surface area (Å²) < 4.78 is 5.48. The van der Waals surface area contributed by atoms with Crippen molar-refractivity contribution in [1.29, 1.82) is 0 Å². The highest BCUT2D eigenvalue weighted by Gasteiger charge is 2.00. The Bertz CT molecular complexity index is 320. The van der Waals surface area contributed by atoms with Crippen LogP contribution in [0.2, 0.25) is 0 Å². The Labute approximate surface area is 114 Å². The minimum atomic E-state index is 0. The summed E-state index contributed by atoms with van der Waals surface area (Å²) in [6.45, 7) is 1.83. The Morgan fingerprint density at radius 3 is 2.61 bits per heavy atom. The van der Waals surface area contributed by atoms with Gasteiger partial charge in [-0.15, -0.1) is 12.4 Å². The molecule has 0 unspecified atom stereocenters. The lowest BCUT2D eigenvalue weighted by molar-refractivity contribution is -0.121. The number of amides is 1. The fourth-order valence-electron chi connectivity index (χ4n) is 1.36. The second-order valence-electron chi connectivity index (χ2n) is 3.76. The molecule has 1 aromatic carbocycles. The van der Waals surface area contributed by atoms with Gasteiger partial charge in [0.15, 0.2) is 0 Å². The van der Waals surface area contributed by atoms with E-state index in [1.165, 1.54) is 0 Å². The Hall–Kier alpha value is -1.26. The fraction of sp³-hybridized carbons (Fsp3) is 0.462. The predicted molar refractivity (Wildman–Crippen MR) is 75.1 cm³/mol. The Morgan fingerprint density at radius 2 is 1.94 bits per heavy atom. The third-order valence-electron chi connectivity index (χ3n) is 2.26. The van der Waals surface area contributed by atoms with E-state index in [0.717, 1.165) is 18.6 Å². The van der Waals surface area contributed by atoms with Gasteiger partial charge in [-0.3, -0.25) is 4.79 Å². The molecule has 0 aromatic heterocycles. The number of nitrogens with two attached hydrogens (primary N) is 1. The normalized spacial score (nSPS) is 9.39. The minimum Gasteiger partial charge on any atom is -0.494 e. The van der Waals surface area contributed by atoms with E-state index in [-0.39, 0.29) is 18.3 Å². The zero-order valence-corrected chi connectivity index (χ0v) is 11.2. The molecule has 0 fully saturated rings. The minimum absolute atomic E-state index is 0. The van der Waals surface area contributed by atoms with Crippen LogP contribution in [0.15, 0.2) is 30.3 Å². The fourth-order valence-corrected chi connectivity index (χ4v) is 1.36. The molecule has 1 aromatic rings. The first-order valence-electron chi connectivity index (χ1n) is 5.97. The molecule has 5 heteroatoms. The monoisotopic (exact) mass is 272 g/mol. The standard InChI is InChI=1S/C13H20N2O2.ClH/c14-9-5-10-15-13(16)8-4-11-17-12-6-2-1-3-7-12;/h1-3,6-7H,4-5,8-11,14H2,(H,15,16);1H. The third kappa shape index (κ3) is 7.92. The van der Waals surface area contributed by atoms with Gasteiger partial charge in [0.25, 0.3) is 0 Å². The molecule has 0 saturated heterocycles. The second kappa shape index (κ2) is 10.9. The van der Waals surface area contributed by atoms with Gasteiger partial charge in [0.1, 0.15) is 5.75 Å². The average Bonchev–Trinajstić information content (AvgIpc) is 2.36. The number of carbonyl (C=O) groups excluding carboxylic acids is 1. The number of benzene rings is 1. The highest BCUT2D eigenvalue weighted by molar-refractivity contribution is 5.85. The number of carbonyl (C=O) groups is 1.